The van der Waals surface area contributed by atoms with E-state index in [1.54, 1.807) is 11.3 Å². The molecule has 0 aliphatic carbocycles. The molecule has 0 spiro atoms. The SMILES string of the molecule is CCCNCCc1csc(-c2ccc(Br)cc2)n1. The summed E-state index contributed by atoms with van der Waals surface area (Å²) in [5.74, 6) is 0. The highest BCUT2D eigenvalue weighted by atomic mass is 79.9. The van der Waals surface area contributed by atoms with E-state index < -0.39 is 0 Å². The molecule has 0 unspecified atom stereocenters. The second kappa shape index (κ2) is 7.02. The molecule has 0 saturated carbocycles. The van der Waals surface area contributed by atoms with Crippen LogP contribution in [0.2, 0.25) is 0 Å². The van der Waals surface area contributed by atoms with Crippen LogP contribution in [-0.4, -0.2) is 18.1 Å². The summed E-state index contributed by atoms with van der Waals surface area (Å²) in [4.78, 5) is 4.67. The van der Waals surface area contributed by atoms with Crippen molar-refractivity contribution in [2.75, 3.05) is 13.1 Å². The summed E-state index contributed by atoms with van der Waals surface area (Å²) in [5.41, 5.74) is 2.37. The smallest absolute Gasteiger partial charge is 0.123 e. The van der Waals surface area contributed by atoms with Crippen LogP contribution in [0, 0.1) is 0 Å². The monoisotopic (exact) mass is 324 g/mol. The first-order valence-electron chi connectivity index (χ1n) is 6.20. The molecular weight excluding hydrogens is 308 g/mol. The van der Waals surface area contributed by atoms with Crippen molar-refractivity contribution in [3.8, 4) is 10.6 Å². The van der Waals surface area contributed by atoms with E-state index in [4.69, 9.17) is 0 Å². The first-order chi connectivity index (χ1) is 8.79. The van der Waals surface area contributed by atoms with Gasteiger partial charge in [0.15, 0.2) is 0 Å². The Hall–Kier alpha value is -0.710. The average molecular weight is 325 g/mol. The Morgan fingerprint density at radius 3 is 2.72 bits per heavy atom. The Morgan fingerprint density at radius 1 is 1.22 bits per heavy atom. The first-order valence-corrected chi connectivity index (χ1v) is 7.88. The number of hydrogen-bond donors (Lipinski definition) is 1. The number of aromatic nitrogens is 1. The maximum atomic E-state index is 4.67. The minimum absolute atomic E-state index is 1.01. The highest BCUT2D eigenvalue weighted by Crippen LogP contribution is 2.25. The van der Waals surface area contributed by atoms with Crippen molar-refractivity contribution in [3.05, 3.63) is 39.8 Å². The third kappa shape index (κ3) is 3.90. The molecule has 0 radical (unpaired) electrons. The minimum atomic E-state index is 1.01. The van der Waals surface area contributed by atoms with Gasteiger partial charge in [-0.2, -0.15) is 0 Å². The molecule has 2 rings (SSSR count). The summed E-state index contributed by atoms with van der Waals surface area (Å²) in [6, 6.07) is 8.31. The van der Waals surface area contributed by atoms with Crippen LogP contribution in [0.25, 0.3) is 10.6 Å². The highest BCUT2D eigenvalue weighted by Gasteiger charge is 2.04. The van der Waals surface area contributed by atoms with E-state index >= 15 is 0 Å². The lowest BCUT2D eigenvalue weighted by Crippen LogP contribution is -2.17. The summed E-state index contributed by atoms with van der Waals surface area (Å²) >= 11 is 5.16. The van der Waals surface area contributed by atoms with Crippen LogP contribution in [0.1, 0.15) is 19.0 Å². The molecule has 2 aromatic rings. The van der Waals surface area contributed by atoms with Gasteiger partial charge in [-0.1, -0.05) is 35.0 Å². The molecule has 0 aliphatic heterocycles. The van der Waals surface area contributed by atoms with Gasteiger partial charge in [0.25, 0.3) is 0 Å². The van der Waals surface area contributed by atoms with Crippen molar-refractivity contribution in [1.29, 1.82) is 0 Å². The van der Waals surface area contributed by atoms with E-state index in [9.17, 15) is 0 Å². The van der Waals surface area contributed by atoms with Crippen LogP contribution < -0.4 is 5.32 Å². The van der Waals surface area contributed by atoms with Crippen LogP contribution in [-0.2, 0) is 6.42 Å². The molecular formula is C14H17BrN2S. The van der Waals surface area contributed by atoms with Gasteiger partial charge in [-0.3, -0.25) is 0 Å². The van der Waals surface area contributed by atoms with Gasteiger partial charge in [-0.05, 0) is 25.1 Å². The van der Waals surface area contributed by atoms with Gasteiger partial charge in [0.2, 0.25) is 0 Å². The first kappa shape index (κ1) is 13.7. The Labute approximate surface area is 121 Å². The standard InChI is InChI=1S/C14H17BrN2S/c1-2-8-16-9-7-13-10-18-14(17-13)11-3-5-12(15)6-4-11/h3-6,10,16H,2,7-9H2,1H3. The lowest BCUT2D eigenvalue weighted by atomic mass is 10.2. The van der Waals surface area contributed by atoms with Crippen LogP contribution in [0.4, 0.5) is 0 Å². The fourth-order valence-corrected chi connectivity index (χ4v) is 2.79. The normalized spacial score (nSPS) is 10.8. The van der Waals surface area contributed by atoms with E-state index in [1.165, 1.54) is 17.7 Å². The molecule has 0 amide bonds. The molecule has 96 valence electrons. The summed E-state index contributed by atoms with van der Waals surface area (Å²) in [7, 11) is 0. The number of thiazole rings is 1. The Balaban J connectivity index is 1.95. The van der Waals surface area contributed by atoms with Crippen molar-refractivity contribution in [3.63, 3.8) is 0 Å². The van der Waals surface area contributed by atoms with Crippen LogP contribution in [0.15, 0.2) is 34.1 Å². The molecule has 1 aromatic heterocycles. The molecule has 0 atom stereocenters. The molecule has 0 saturated heterocycles. The zero-order valence-corrected chi connectivity index (χ0v) is 12.9. The number of halogens is 1. The van der Waals surface area contributed by atoms with Crippen molar-refractivity contribution < 1.29 is 0 Å². The van der Waals surface area contributed by atoms with Gasteiger partial charge in [0, 0.05) is 28.4 Å². The largest absolute Gasteiger partial charge is 0.316 e. The molecule has 0 fully saturated rings. The second-order valence-electron chi connectivity index (χ2n) is 4.15. The highest BCUT2D eigenvalue weighted by molar-refractivity contribution is 9.10. The maximum Gasteiger partial charge on any atom is 0.123 e. The van der Waals surface area contributed by atoms with Crippen molar-refractivity contribution >= 4 is 27.3 Å². The Kier molecular flexibility index (Phi) is 5.35. The number of rotatable bonds is 6. The van der Waals surface area contributed by atoms with E-state index in [0.717, 1.165) is 29.0 Å². The van der Waals surface area contributed by atoms with Crippen LogP contribution in [0.3, 0.4) is 0 Å². The third-order valence-corrected chi connectivity index (χ3v) is 4.10. The second-order valence-corrected chi connectivity index (χ2v) is 5.92. The van der Waals surface area contributed by atoms with Gasteiger partial charge in [-0.15, -0.1) is 11.3 Å². The molecule has 0 aliphatic rings. The van der Waals surface area contributed by atoms with E-state index in [2.05, 4.69) is 62.8 Å². The number of nitrogens with one attached hydrogen (secondary N) is 1. The van der Waals surface area contributed by atoms with Gasteiger partial charge >= 0.3 is 0 Å². The van der Waals surface area contributed by atoms with E-state index in [0.29, 0.717) is 0 Å². The lowest BCUT2D eigenvalue weighted by Gasteiger charge is -2.00. The maximum absolute atomic E-state index is 4.67. The lowest BCUT2D eigenvalue weighted by molar-refractivity contribution is 0.667. The predicted molar refractivity (Wildman–Crippen MR) is 82.1 cm³/mol. The number of nitrogens with zero attached hydrogens (tertiary/aromatic N) is 1. The van der Waals surface area contributed by atoms with E-state index in [1.807, 2.05) is 0 Å². The number of hydrogen-bond acceptors (Lipinski definition) is 3. The van der Waals surface area contributed by atoms with Gasteiger partial charge in [-0.25, -0.2) is 4.98 Å². The Morgan fingerprint density at radius 2 is 2.00 bits per heavy atom. The third-order valence-electron chi connectivity index (χ3n) is 2.63. The van der Waals surface area contributed by atoms with Crippen LogP contribution >= 0.6 is 27.3 Å². The molecule has 18 heavy (non-hydrogen) atoms. The fraction of sp³-hybridized carbons (Fsp3) is 0.357. The predicted octanol–water partition coefficient (Wildman–Crippen LogP) is 4.11. The molecule has 4 heteroatoms. The molecule has 1 aromatic carbocycles. The zero-order chi connectivity index (χ0) is 12.8. The molecule has 0 bridgehead atoms. The Bertz CT molecular complexity index is 479. The van der Waals surface area contributed by atoms with E-state index in [-0.39, 0.29) is 0 Å². The van der Waals surface area contributed by atoms with Crippen LogP contribution in [0.5, 0.6) is 0 Å². The van der Waals surface area contributed by atoms with Crippen molar-refractivity contribution in [2.24, 2.45) is 0 Å². The fourth-order valence-electron chi connectivity index (χ4n) is 1.67. The summed E-state index contributed by atoms with van der Waals surface area (Å²) in [6.45, 7) is 4.28. The van der Waals surface area contributed by atoms with Gasteiger partial charge < -0.3 is 5.32 Å². The zero-order valence-electron chi connectivity index (χ0n) is 10.4. The average Bonchev–Trinajstić information content (AvgIpc) is 2.84. The van der Waals surface area contributed by atoms with Gasteiger partial charge in [0.1, 0.15) is 5.01 Å². The molecule has 2 nitrogen and oxygen atoms in total. The topological polar surface area (TPSA) is 24.9 Å². The number of benzene rings is 1. The van der Waals surface area contributed by atoms with Crippen molar-refractivity contribution in [1.82, 2.24) is 10.3 Å². The summed E-state index contributed by atoms with van der Waals surface area (Å²) in [6.07, 6.45) is 2.19. The molecule has 1 N–H and O–H groups in total. The summed E-state index contributed by atoms with van der Waals surface area (Å²) in [5, 5.41) is 6.66. The molecule has 1 heterocycles. The minimum Gasteiger partial charge on any atom is -0.316 e. The van der Waals surface area contributed by atoms with Gasteiger partial charge in [0.05, 0.1) is 5.69 Å². The van der Waals surface area contributed by atoms with Crippen molar-refractivity contribution in [2.45, 2.75) is 19.8 Å². The summed E-state index contributed by atoms with van der Waals surface area (Å²) < 4.78 is 1.10. The quantitative estimate of drug-likeness (QED) is 0.808.